The first-order chi connectivity index (χ1) is 10.2. The molecule has 0 spiro atoms. The molecule has 4 heteroatoms. The normalized spacial score (nSPS) is 18.5. The van der Waals surface area contributed by atoms with Crippen LogP contribution in [0.15, 0.2) is 60.7 Å². The van der Waals surface area contributed by atoms with Crippen LogP contribution in [-0.2, 0) is 16.1 Å². The van der Waals surface area contributed by atoms with Crippen LogP contribution in [0.25, 0.3) is 0 Å². The van der Waals surface area contributed by atoms with Gasteiger partial charge in [0.25, 0.3) is 5.91 Å². The van der Waals surface area contributed by atoms with Crippen LogP contribution < -0.4 is 5.32 Å². The molecule has 2 amide bonds. The first-order valence-electron chi connectivity index (χ1n) is 6.91. The fraction of sp³-hybridized carbons (Fsp3) is 0.176. The molecule has 2 aromatic carbocycles. The molecule has 1 atom stereocenters. The number of rotatable bonds is 3. The van der Waals surface area contributed by atoms with Gasteiger partial charge in [0.15, 0.2) is 0 Å². The Morgan fingerprint density at radius 3 is 2.24 bits per heavy atom. The van der Waals surface area contributed by atoms with E-state index < -0.39 is 6.04 Å². The lowest BCUT2D eigenvalue weighted by molar-refractivity contribution is -0.145. The maximum absolute atomic E-state index is 12.6. The zero-order valence-electron chi connectivity index (χ0n) is 11.5. The Bertz CT molecular complexity index is 640. The molecule has 0 radical (unpaired) electrons. The SMILES string of the molecule is O=C1CN(Cc2ccccc2)C(=O)[C@@H](c2ccccc2)N1. The van der Waals surface area contributed by atoms with Gasteiger partial charge in [-0.2, -0.15) is 0 Å². The summed E-state index contributed by atoms with van der Waals surface area (Å²) in [4.78, 5) is 26.1. The van der Waals surface area contributed by atoms with Gasteiger partial charge in [0.1, 0.15) is 6.04 Å². The van der Waals surface area contributed by atoms with Gasteiger partial charge in [-0.05, 0) is 11.1 Å². The molecular weight excluding hydrogens is 264 g/mol. The first-order valence-corrected chi connectivity index (χ1v) is 6.91. The van der Waals surface area contributed by atoms with Crippen molar-refractivity contribution >= 4 is 11.8 Å². The number of amides is 2. The highest BCUT2D eigenvalue weighted by atomic mass is 16.2. The molecule has 1 N–H and O–H groups in total. The number of hydrogen-bond donors (Lipinski definition) is 1. The summed E-state index contributed by atoms with van der Waals surface area (Å²) < 4.78 is 0. The van der Waals surface area contributed by atoms with Crippen LogP contribution in [0.2, 0.25) is 0 Å². The van der Waals surface area contributed by atoms with E-state index in [0.29, 0.717) is 6.54 Å². The molecule has 0 bridgehead atoms. The summed E-state index contributed by atoms with van der Waals surface area (Å²) in [5.41, 5.74) is 1.83. The standard InChI is InChI=1S/C17H16N2O2/c20-15-12-19(11-13-7-3-1-4-8-13)17(21)16(18-15)14-9-5-2-6-10-14/h1-10,16H,11-12H2,(H,18,20)/t16-/m1/s1. The van der Waals surface area contributed by atoms with Crippen LogP contribution >= 0.6 is 0 Å². The van der Waals surface area contributed by atoms with E-state index in [4.69, 9.17) is 0 Å². The van der Waals surface area contributed by atoms with Gasteiger partial charge in [-0.25, -0.2) is 0 Å². The zero-order valence-corrected chi connectivity index (χ0v) is 11.5. The van der Waals surface area contributed by atoms with E-state index in [1.54, 1.807) is 4.90 Å². The Kier molecular flexibility index (Phi) is 3.69. The summed E-state index contributed by atoms with van der Waals surface area (Å²) in [6, 6.07) is 18.4. The van der Waals surface area contributed by atoms with Gasteiger partial charge in [-0.15, -0.1) is 0 Å². The highest BCUT2D eigenvalue weighted by Gasteiger charge is 2.33. The number of carbonyl (C=O) groups excluding carboxylic acids is 2. The Morgan fingerprint density at radius 2 is 1.57 bits per heavy atom. The number of piperazine rings is 1. The lowest BCUT2D eigenvalue weighted by atomic mass is 10.0. The molecule has 1 heterocycles. The predicted octanol–water partition coefficient (Wildman–Crippen LogP) is 1.89. The molecule has 21 heavy (non-hydrogen) atoms. The third-order valence-electron chi connectivity index (χ3n) is 3.55. The lowest BCUT2D eigenvalue weighted by Crippen LogP contribution is -2.52. The van der Waals surface area contributed by atoms with Crippen molar-refractivity contribution in [3.05, 3.63) is 71.8 Å². The minimum absolute atomic E-state index is 0.0651. The second-order valence-electron chi connectivity index (χ2n) is 5.09. The van der Waals surface area contributed by atoms with Crippen molar-refractivity contribution in [1.29, 1.82) is 0 Å². The summed E-state index contributed by atoms with van der Waals surface area (Å²) in [5.74, 6) is -0.191. The molecule has 1 aliphatic rings. The third-order valence-corrected chi connectivity index (χ3v) is 3.55. The fourth-order valence-corrected chi connectivity index (χ4v) is 2.51. The molecule has 4 nitrogen and oxygen atoms in total. The van der Waals surface area contributed by atoms with Crippen molar-refractivity contribution in [2.75, 3.05) is 6.54 Å². The highest BCUT2D eigenvalue weighted by molar-refractivity contribution is 5.95. The van der Waals surface area contributed by atoms with Gasteiger partial charge in [0.2, 0.25) is 5.91 Å². The van der Waals surface area contributed by atoms with Crippen LogP contribution in [0.1, 0.15) is 17.2 Å². The number of nitrogens with one attached hydrogen (secondary N) is 1. The molecule has 0 aliphatic carbocycles. The summed E-state index contributed by atoms with van der Waals surface area (Å²) in [5, 5.41) is 2.77. The minimum atomic E-state index is -0.587. The van der Waals surface area contributed by atoms with Gasteiger partial charge < -0.3 is 10.2 Å². The molecule has 1 fully saturated rings. The fourth-order valence-electron chi connectivity index (χ4n) is 2.51. The van der Waals surface area contributed by atoms with E-state index in [9.17, 15) is 9.59 Å². The van der Waals surface area contributed by atoms with Crippen LogP contribution in [0.3, 0.4) is 0 Å². The van der Waals surface area contributed by atoms with Gasteiger partial charge in [0.05, 0.1) is 6.54 Å². The van der Waals surface area contributed by atoms with Gasteiger partial charge >= 0.3 is 0 Å². The minimum Gasteiger partial charge on any atom is -0.339 e. The molecule has 1 aliphatic heterocycles. The number of carbonyl (C=O) groups is 2. The molecule has 106 valence electrons. The summed E-state index contributed by atoms with van der Waals surface area (Å²) in [7, 11) is 0. The molecule has 3 rings (SSSR count). The number of nitrogens with zero attached hydrogens (tertiary/aromatic N) is 1. The average molecular weight is 280 g/mol. The number of benzene rings is 2. The Morgan fingerprint density at radius 1 is 0.952 bits per heavy atom. The van der Waals surface area contributed by atoms with Crippen molar-refractivity contribution in [2.45, 2.75) is 12.6 Å². The van der Waals surface area contributed by atoms with E-state index in [1.165, 1.54) is 0 Å². The summed E-state index contributed by atoms with van der Waals surface area (Å²) in [6.45, 7) is 0.563. The predicted molar refractivity (Wildman–Crippen MR) is 79.2 cm³/mol. The average Bonchev–Trinajstić information content (AvgIpc) is 2.52. The van der Waals surface area contributed by atoms with E-state index in [2.05, 4.69) is 5.32 Å². The molecular formula is C17H16N2O2. The van der Waals surface area contributed by atoms with Crippen molar-refractivity contribution in [1.82, 2.24) is 10.2 Å². The van der Waals surface area contributed by atoms with E-state index in [0.717, 1.165) is 11.1 Å². The van der Waals surface area contributed by atoms with E-state index >= 15 is 0 Å². The van der Waals surface area contributed by atoms with Crippen molar-refractivity contribution in [3.63, 3.8) is 0 Å². The monoisotopic (exact) mass is 280 g/mol. The highest BCUT2D eigenvalue weighted by Crippen LogP contribution is 2.20. The first kappa shape index (κ1) is 13.4. The Hall–Kier alpha value is -2.62. The molecule has 0 aromatic heterocycles. The largest absolute Gasteiger partial charge is 0.339 e. The smallest absolute Gasteiger partial charge is 0.250 e. The van der Waals surface area contributed by atoms with Crippen LogP contribution in [-0.4, -0.2) is 23.3 Å². The maximum Gasteiger partial charge on any atom is 0.250 e. The summed E-state index contributed by atoms with van der Waals surface area (Å²) in [6.07, 6.45) is 0. The quantitative estimate of drug-likeness (QED) is 0.933. The van der Waals surface area contributed by atoms with Gasteiger partial charge in [-0.1, -0.05) is 60.7 Å². The van der Waals surface area contributed by atoms with Crippen LogP contribution in [0.4, 0.5) is 0 Å². The van der Waals surface area contributed by atoms with Crippen molar-refractivity contribution in [3.8, 4) is 0 Å². The second kappa shape index (κ2) is 5.79. The molecule has 2 aromatic rings. The topological polar surface area (TPSA) is 49.4 Å². The second-order valence-corrected chi connectivity index (χ2v) is 5.09. The van der Waals surface area contributed by atoms with Crippen molar-refractivity contribution < 1.29 is 9.59 Å². The van der Waals surface area contributed by atoms with Crippen LogP contribution in [0.5, 0.6) is 0 Å². The van der Waals surface area contributed by atoms with Crippen molar-refractivity contribution in [2.24, 2.45) is 0 Å². The Labute approximate surface area is 123 Å². The zero-order chi connectivity index (χ0) is 14.7. The lowest BCUT2D eigenvalue weighted by Gasteiger charge is -2.32. The number of hydrogen-bond acceptors (Lipinski definition) is 2. The molecule has 0 saturated carbocycles. The molecule has 1 saturated heterocycles. The summed E-state index contributed by atoms with van der Waals surface area (Å²) >= 11 is 0. The van der Waals surface area contributed by atoms with Gasteiger partial charge in [0, 0.05) is 6.54 Å². The van der Waals surface area contributed by atoms with E-state index in [-0.39, 0.29) is 18.4 Å². The van der Waals surface area contributed by atoms with E-state index in [1.807, 2.05) is 60.7 Å². The third kappa shape index (κ3) is 2.94. The van der Waals surface area contributed by atoms with Crippen LogP contribution in [0, 0.1) is 0 Å². The maximum atomic E-state index is 12.6. The van der Waals surface area contributed by atoms with Gasteiger partial charge in [-0.3, -0.25) is 9.59 Å². The Balaban J connectivity index is 1.82. The molecule has 0 unspecified atom stereocenters.